The van der Waals surface area contributed by atoms with Crippen LogP contribution in [0.15, 0.2) is 84.4 Å². The number of amides is 2. The Balaban J connectivity index is 1.59. The highest BCUT2D eigenvalue weighted by Crippen LogP contribution is 2.26. The van der Waals surface area contributed by atoms with Gasteiger partial charge >= 0.3 is 5.97 Å². The van der Waals surface area contributed by atoms with Crippen LogP contribution >= 0.6 is 0 Å². The van der Waals surface area contributed by atoms with Gasteiger partial charge in [-0.2, -0.15) is 0 Å². The monoisotopic (exact) mass is 414 g/mol. The Bertz CT molecular complexity index is 1170. The van der Waals surface area contributed by atoms with Crippen LogP contribution in [0.5, 0.6) is 11.5 Å². The number of carbonyl (C=O) groups excluding carboxylic acids is 3. The molecule has 31 heavy (non-hydrogen) atoms. The van der Waals surface area contributed by atoms with Crippen LogP contribution in [0.3, 0.4) is 0 Å². The topological polar surface area (TPSA) is 84.9 Å². The lowest BCUT2D eigenvalue weighted by Crippen LogP contribution is -2.35. The number of hydrogen-bond donors (Lipinski definition) is 1. The Kier molecular flexibility index (Phi) is 5.49. The Hall–Kier alpha value is -4.39. The highest BCUT2D eigenvalue weighted by atomic mass is 16.5. The van der Waals surface area contributed by atoms with Gasteiger partial charge in [0.25, 0.3) is 11.8 Å². The first kappa shape index (κ1) is 19.9. The molecule has 0 radical (unpaired) electrons. The molecule has 1 N–H and O–H groups in total. The number of hydrazine groups is 1. The molecule has 2 amide bonds. The van der Waals surface area contributed by atoms with Crippen LogP contribution in [-0.2, 0) is 9.59 Å². The fourth-order valence-corrected chi connectivity index (χ4v) is 3.05. The van der Waals surface area contributed by atoms with Crippen molar-refractivity contribution in [1.82, 2.24) is 5.43 Å². The molecule has 0 aliphatic carbocycles. The predicted octanol–water partition coefficient (Wildman–Crippen LogP) is 3.38. The standard InChI is InChI=1S/C24H18N2O5/c1-30-19-13-11-16(12-14-19)24(29)31-21-10-6-5-7-17(21)15-20-22(27)25-26(23(20)28)18-8-3-2-4-9-18/h2-15H,1H3,(H,25,27)/b20-15+. The van der Waals surface area contributed by atoms with Crippen LogP contribution in [0.1, 0.15) is 15.9 Å². The Morgan fingerprint density at radius 1 is 0.903 bits per heavy atom. The minimum Gasteiger partial charge on any atom is -0.497 e. The second-order valence-corrected chi connectivity index (χ2v) is 6.63. The van der Waals surface area contributed by atoms with Crippen LogP contribution in [0, 0.1) is 0 Å². The maximum atomic E-state index is 12.8. The van der Waals surface area contributed by atoms with E-state index in [0.717, 1.165) is 0 Å². The van der Waals surface area contributed by atoms with Gasteiger partial charge in [0.05, 0.1) is 18.4 Å². The number of nitrogens with zero attached hydrogens (tertiary/aromatic N) is 1. The van der Waals surface area contributed by atoms with Crippen molar-refractivity contribution in [2.24, 2.45) is 0 Å². The third kappa shape index (κ3) is 4.16. The lowest BCUT2D eigenvalue weighted by molar-refractivity contribution is -0.117. The Morgan fingerprint density at radius 2 is 1.58 bits per heavy atom. The fourth-order valence-electron chi connectivity index (χ4n) is 3.05. The van der Waals surface area contributed by atoms with Gasteiger partial charge in [0.2, 0.25) is 0 Å². The summed E-state index contributed by atoms with van der Waals surface area (Å²) >= 11 is 0. The second kappa shape index (κ2) is 8.54. The van der Waals surface area contributed by atoms with Gasteiger partial charge in [0.1, 0.15) is 17.1 Å². The minimum atomic E-state index is -0.568. The molecule has 7 nitrogen and oxygen atoms in total. The first-order valence-corrected chi connectivity index (χ1v) is 9.44. The second-order valence-electron chi connectivity index (χ2n) is 6.63. The zero-order chi connectivity index (χ0) is 21.8. The van der Waals surface area contributed by atoms with Gasteiger partial charge < -0.3 is 9.47 Å². The average molecular weight is 414 g/mol. The number of ether oxygens (including phenoxy) is 2. The Morgan fingerprint density at radius 3 is 2.29 bits per heavy atom. The summed E-state index contributed by atoms with van der Waals surface area (Å²) in [6.45, 7) is 0. The summed E-state index contributed by atoms with van der Waals surface area (Å²) in [7, 11) is 1.54. The number of carbonyl (C=O) groups is 3. The first-order valence-electron chi connectivity index (χ1n) is 9.44. The average Bonchev–Trinajstić information content (AvgIpc) is 3.09. The third-order valence-corrected chi connectivity index (χ3v) is 4.65. The molecular formula is C24H18N2O5. The van der Waals surface area contributed by atoms with E-state index in [1.165, 1.54) is 18.2 Å². The molecule has 3 aromatic rings. The number of methoxy groups -OCH3 is 1. The molecule has 0 aromatic heterocycles. The normalized spacial score (nSPS) is 14.5. The van der Waals surface area contributed by atoms with Gasteiger partial charge in [0.15, 0.2) is 0 Å². The molecule has 0 unspecified atom stereocenters. The number of para-hydroxylation sites is 2. The molecule has 7 heteroatoms. The summed E-state index contributed by atoms with van der Waals surface area (Å²) in [5.74, 6) is -0.746. The van der Waals surface area contributed by atoms with E-state index in [1.54, 1.807) is 72.8 Å². The number of nitrogens with one attached hydrogen (secondary N) is 1. The van der Waals surface area contributed by atoms with E-state index in [9.17, 15) is 14.4 Å². The minimum absolute atomic E-state index is 0.0585. The van der Waals surface area contributed by atoms with Crippen molar-refractivity contribution >= 4 is 29.5 Å². The summed E-state index contributed by atoms with van der Waals surface area (Å²) in [5.41, 5.74) is 3.80. The van der Waals surface area contributed by atoms with E-state index >= 15 is 0 Å². The number of benzene rings is 3. The number of anilines is 1. The molecule has 1 heterocycles. The quantitative estimate of drug-likeness (QED) is 0.299. The molecule has 1 saturated heterocycles. The summed E-state index contributed by atoms with van der Waals surface area (Å²) in [6, 6.07) is 22.0. The van der Waals surface area contributed by atoms with Crippen molar-refractivity contribution in [2.75, 3.05) is 12.1 Å². The van der Waals surface area contributed by atoms with E-state index in [1.807, 2.05) is 6.07 Å². The molecule has 0 bridgehead atoms. The zero-order valence-electron chi connectivity index (χ0n) is 16.6. The first-order chi connectivity index (χ1) is 15.1. The zero-order valence-corrected chi connectivity index (χ0v) is 16.6. The van der Waals surface area contributed by atoms with Crippen LogP contribution in [0.25, 0.3) is 6.08 Å². The number of esters is 1. The smallest absolute Gasteiger partial charge is 0.343 e. The molecular weight excluding hydrogens is 396 g/mol. The van der Waals surface area contributed by atoms with E-state index in [-0.39, 0.29) is 11.3 Å². The summed E-state index contributed by atoms with van der Waals surface area (Å²) in [6.07, 6.45) is 1.41. The third-order valence-electron chi connectivity index (χ3n) is 4.65. The molecule has 0 atom stereocenters. The van der Waals surface area contributed by atoms with Crippen molar-refractivity contribution in [3.8, 4) is 11.5 Å². The molecule has 3 aromatic carbocycles. The summed E-state index contributed by atoms with van der Waals surface area (Å²) in [5, 5.41) is 1.18. The largest absolute Gasteiger partial charge is 0.497 e. The SMILES string of the molecule is COc1ccc(C(=O)Oc2ccccc2/C=C2\C(=O)NN(c3ccccc3)C2=O)cc1. The predicted molar refractivity (Wildman–Crippen MR) is 114 cm³/mol. The van der Waals surface area contributed by atoms with Crippen molar-refractivity contribution < 1.29 is 23.9 Å². The number of hydrogen-bond acceptors (Lipinski definition) is 5. The van der Waals surface area contributed by atoms with Crippen molar-refractivity contribution in [2.45, 2.75) is 0 Å². The van der Waals surface area contributed by atoms with E-state index in [2.05, 4.69) is 5.43 Å². The molecule has 1 aliphatic heterocycles. The highest BCUT2D eigenvalue weighted by molar-refractivity contribution is 6.31. The van der Waals surface area contributed by atoms with Gasteiger partial charge in [0, 0.05) is 5.56 Å². The van der Waals surface area contributed by atoms with E-state index in [4.69, 9.17) is 9.47 Å². The number of rotatable bonds is 5. The van der Waals surface area contributed by atoms with Crippen LogP contribution in [-0.4, -0.2) is 24.9 Å². The van der Waals surface area contributed by atoms with Gasteiger partial charge in [-0.3, -0.25) is 15.0 Å². The molecule has 1 fully saturated rings. The highest BCUT2D eigenvalue weighted by Gasteiger charge is 2.34. The molecule has 154 valence electrons. The summed E-state index contributed by atoms with van der Waals surface area (Å²) < 4.78 is 10.6. The molecule has 0 spiro atoms. The van der Waals surface area contributed by atoms with Crippen molar-refractivity contribution in [1.29, 1.82) is 0 Å². The van der Waals surface area contributed by atoms with Gasteiger partial charge in [-0.1, -0.05) is 36.4 Å². The van der Waals surface area contributed by atoms with Gasteiger partial charge in [-0.05, 0) is 48.5 Å². The summed E-state index contributed by atoms with van der Waals surface area (Å²) in [4.78, 5) is 37.7. The lowest BCUT2D eigenvalue weighted by atomic mass is 10.1. The van der Waals surface area contributed by atoms with Crippen LogP contribution in [0.2, 0.25) is 0 Å². The van der Waals surface area contributed by atoms with E-state index < -0.39 is 17.8 Å². The van der Waals surface area contributed by atoms with Crippen molar-refractivity contribution in [3.05, 3.63) is 95.6 Å². The molecule has 0 saturated carbocycles. The Labute approximate surface area is 178 Å². The van der Waals surface area contributed by atoms with Crippen LogP contribution in [0.4, 0.5) is 5.69 Å². The maximum Gasteiger partial charge on any atom is 0.343 e. The maximum absolute atomic E-state index is 12.8. The molecule has 4 rings (SSSR count). The van der Waals surface area contributed by atoms with E-state index in [0.29, 0.717) is 22.6 Å². The fraction of sp³-hybridized carbons (Fsp3) is 0.0417. The lowest BCUT2D eigenvalue weighted by Gasteiger charge is -2.13. The van der Waals surface area contributed by atoms with Gasteiger partial charge in [-0.25, -0.2) is 9.80 Å². The van der Waals surface area contributed by atoms with Crippen LogP contribution < -0.4 is 19.9 Å². The van der Waals surface area contributed by atoms with Gasteiger partial charge in [-0.15, -0.1) is 0 Å². The molecule has 1 aliphatic rings. The van der Waals surface area contributed by atoms with Crippen molar-refractivity contribution in [3.63, 3.8) is 0 Å².